The summed E-state index contributed by atoms with van der Waals surface area (Å²) in [6.45, 7) is 10.7. The van der Waals surface area contributed by atoms with Gasteiger partial charge in [0.2, 0.25) is 5.91 Å². The van der Waals surface area contributed by atoms with Crippen molar-refractivity contribution in [3.63, 3.8) is 0 Å². The molecule has 214 valence electrons. The van der Waals surface area contributed by atoms with E-state index in [0.29, 0.717) is 48.2 Å². The largest absolute Gasteiger partial charge is 0.490 e. The SMILES string of the molecule is CCOc1cc([C@@H]2C3=C(CC(C)(C)CC3=O)Nc3ccccc3N2C(=O)C(C)C)ccc1OCc1ccc(Cl)cc1. The van der Waals surface area contributed by atoms with Crippen molar-refractivity contribution in [2.45, 2.75) is 60.1 Å². The zero-order chi connectivity index (χ0) is 29.3. The minimum absolute atomic E-state index is 0.0455. The summed E-state index contributed by atoms with van der Waals surface area (Å²) in [7, 11) is 0. The molecule has 41 heavy (non-hydrogen) atoms. The number of rotatable bonds is 7. The van der Waals surface area contributed by atoms with E-state index in [9.17, 15) is 9.59 Å². The van der Waals surface area contributed by atoms with Crippen molar-refractivity contribution >= 4 is 34.7 Å². The third-order valence-electron chi connectivity index (χ3n) is 7.52. The van der Waals surface area contributed by atoms with E-state index in [4.69, 9.17) is 21.1 Å². The molecule has 0 radical (unpaired) electrons. The molecule has 7 heteroatoms. The number of benzene rings is 3. The maximum Gasteiger partial charge on any atom is 0.230 e. The van der Waals surface area contributed by atoms with Gasteiger partial charge in [0.1, 0.15) is 6.61 Å². The molecule has 0 saturated carbocycles. The van der Waals surface area contributed by atoms with Gasteiger partial charge >= 0.3 is 0 Å². The average molecular weight is 573 g/mol. The summed E-state index contributed by atoms with van der Waals surface area (Å²) < 4.78 is 12.2. The van der Waals surface area contributed by atoms with Crippen LogP contribution >= 0.6 is 11.6 Å². The Kier molecular flexibility index (Phi) is 8.14. The van der Waals surface area contributed by atoms with Crippen LogP contribution in [0.4, 0.5) is 11.4 Å². The Morgan fingerprint density at radius 3 is 2.46 bits per heavy atom. The number of allylic oxidation sites excluding steroid dienone is 1. The lowest BCUT2D eigenvalue weighted by atomic mass is 9.73. The number of para-hydroxylation sites is 2. The first-order chi connectivity index (χ1) is 19.6. The van der Waals surface area contributed by atoms with Crippen LogP contribution in [0.5, 0.6) is 11.5 Å². The van der Waals surface area contributed by atoms with Crippen molar-refractivity contribution in [3.05, 3.63) is 94.1 Å². The number of hydrogen-bond acceptors (Lipinski definition) is 5. The van der Waals surface area contributed by atoms with Gasteiger partial charge in [-0.3, -0.25) is 14.5 Å². The minimum atomic E-state index is -0.621. The van der Waals surface area contributed by atoms with Crippen molar-refractivity contribution < 1.29 is 19.1 Å². The van der Waals surface area contributed by atoms with E-state index < -0.39 is 6.04 Å². The highest BCUT2D eigenvalue weighted by Gasteiger charge is 2.43. The number of ketones is 1. The van der Waals surface area contributed by atoms with Crippen molar-refractivity contribution in [1.29, 1.82) is 0 Å². The molecule has 0 aromatic heterocycles. The highest BCUT2D eigenvalue weighted by atomic mass is 35.5. The molecular formula is C34H37ClN2O4. The third-order valence-corrected chi connectivity index (χ3v) is 7.78. The highest BCUT2D eigenvalue weighted by molar-refractivity contribution is 6.30. The van der Waals surface area contributed by atoms with Gasteiger partial charge in [-0.1, -0.05) is 69.6 Å². The zero-order valence-electron chi connectivity index (χ0n) is 24.3. The normalized spacial score (nSPS) is 17.9. The number of nitrogens with zero attached hydrogens (tertiary/aromatic N) is 1. The van der Waals surface area contributed by atoms with Crippen molar-refractivity contribution in [1.82, 2.24) is 0 Å². The molecule has 3 aromatic carbocycles. The molecule has 0 fully saturated rings. The summed E-state index contributed by atoms with van der Waals surface area (Å²) in [6.07, 6.45) is 1.11. The Morgan fingerprint density at radius 1 is 1.02 bits per heavy atom. The fourth-order valence-electron chi connectivity index (χ4n) is 5.65. The van der Waals surface area contributed by atoms with Gasteiger partial charge < -0.3 is 14.8 Å². The summed E-state index contributed by atoms with van der Waals surface area (Å²) in [4.78, 5) is 29.7. The van der Waals surface area contributed by atoms with Gasteiger partial charge in [0, 0.05) is 28.6 Å². The quantitative estimate of drug-likeness (QED) is 0.310. The number of ether oxygens (including phenoxy) is 2. The van der Waals surface area contributed by atoms with Crippen LogP contribution in [-0.2, 0) is 16.2 Å². The summed E-state index contributed by atoms with van der Waals surface area (Å²) in [5.41, 5.74) is 4.63. The molecule has 6 nitrogen and oxygen atoms in total. The van der Waals surface area contributed by atoms with E-state index in [2.05, 4.69) is 19.2 Å². The van der Waals surface area contributed by atoms with Gasteiger partial charge in [-0.15, -0.1) is 0 Å². The van der Waals surface area contributed by atoms with Crippen LogP contribution in [0.25, 0.3) is 0 Å². The first-order valence-electron chi connectivity index (χ1n) is 14.2. The maximum atomic E-state index is 14.0. The molecule has 0 saturated heterocycles. The van der Waals surface area contributed by atoms with E-state index in [0.717, 1.165) is 28.2 Å². The van der Waals surface area contributed by atoms with Crippen LogP contribution < -0.4 is 19.7 Å². The molecule has 1 amide bonds. The van der Waals surface area contributed by atoms with Gasteiger partial charge in [0.05, 0.1) is 24.0 Å². The summed E-state index contributed by atoms with van der Waals surface area (Å²) >= 11 is 6.04. The fraction of sp³-hybridized carbons (Fsp3) is 0.353. The standard InChI is InChI=1S/C34H37ClN2O4/c1-6-40-30-17-23(13-16-29(30)41-20-22-11-14-24(35)15-12-22)32-31-26(18-34(4,5)19-28(31)38)36-25-9-7-8-10-27(25)37(32)33(39)21(2)3/h7-17,21,32,36H,6,18-20H2,1-5H3/t32-/m1/s1. The summed E-state index contributed by atoms with van der Waals surface area (Å²) in [6, 6.07) is 20.4. The smallest absolute Gasteiger partial charge is 0.230 e. The molecule has 5 rings (SSSR count). The average Bonchev–Trinajstić information content (AvgIpc) is 3.06. The molecule has 0 unspecified atom stereocenters. The molecule has 2 aliphatic rings. The number of nitrogens with one attached hydrogen (secondary N) is 1. The van der Waals surface area contributed by atoms with Crippen LogP contribution in [0.3, 0.4) is 0 Å². The Morgan fingerprint density at radius 2 is 1.76 bits per heavy atom. The molecule has 0 spiro atoms. The molecule has 1 aliphatic heterocycles. The van der Waals surface area contributed by atoms with Crippen LogP contribution in [0.1, 0.15) is 64.6 Å². The van der Waals surface area contributed by atoms with Gasteiger partial charge in [-0.05, 0) is 66.3 Å². The van der Waals surface area contributed by atoms with Crippen LogP contribution in [0.15, 0.2) is 78.0 Å². The third kappa shape index (κ3) is 5.98. The molecular weight excluding hydrogens is 536 g/mol. The topological polar surface area (TPSA) is 67.9 Å². The predicted octanol–water partition coefficient (Wildman–Crippen LogP) is 8.12. The number of Topliss-reactive ketones (excluding diaryl/α,β-unsaturated/α-hetero) is 1. The van der Waals surface area contributed by atoms with Crippen molar-refractivity contribution in [2.24, 2.45) is 11.3 Å². The number of fused-ring (bicyclic) bond motifs is 1. The van der Waals surface area contributed by atoms with E-state index in [1.54, 1.807) is 4.90 Å². The monoisotopic (exact) mass is 572 g/mol. The summed E-state index contributed by atoms with van der Waals surface area (Å²) in [5, 5.41) is 4.23. The van der Waals surface area contributed by atoms with Gasteiger partial charge in [-0.2, -0.15) is 0 Å². The van der Waals surface area contributed by atoms with E-state index in [1.807, 2.05) is 87.5 Å². The lowest BCUT2D eigenvalue weighted by Gasteiger charge is -2.37. The maximum absolute atomic E-state index is 14.0. The number of halogens is 1. The summed E-state index contributed by atoms with van der Waals surface area (Å²) in [5.74, 6) is 0.855. The lowest BCUT2D eigenvalue weighted by Crippen LogP contribution is -2.41. The Bertz CT molecular complexity index is 1490. The molecule has 3 aromatic rings. The second-order valence-corrected chi connectivity index (χ2v) is 12.2. The number of amides is 1. The fourth-order valence-corrected chi connectivity index (χ4v) is 5.77. The molecule has 1 aliphatic carbocycles. The van der Waals surface area contributed by atoms with Crippen LogP contribution in [0, 0.1) is 11.3 Å². The Balaban J connectivity index is 1.64. The first-order valence-corrected chi connectivity index (χ1v) is 14.5. The van der Waals surface area contributed by atoms with E-state index in [-0.39, 0.29) is 23.0 Å². The van der Waals surface area contributed by atoms with Crippen LogP contribution in [-0.4, -0.2) is 18.3 Å². The van der Waals surface area contributed by atoms with Crippen LogP contribution in [0.2, 0.25) is 5.02 Å². The number of carbonyl (C=O) groups excluding carboxylic acids is 2. The van der Waals surface area contributed by atoms with Crippen molar-refractivity contribution in [2.75, 3.05) is 16.8 Å². The minimum Gasteiger partial charge on any atom is -0.490 e. The Labute approximate surface area is 247 Å². The number of carbonyl (C=O) groups is 2. The highest BCUT2D eigenvalue weighted by Crippen LogP contribution is 2.49. The number of hydrogen-bond donors (Lipinski definition) is 1. The zero-order valence-corrected chi connectivity index (χ0v) is 25.0. The molecule has 1 N–H and O–H groups in total. The van der Waals surface area contributed by atoms with Crippen molar-refractivity contribution in [3.8, 4) is 11.5 Å². The van der Waals surface area contributed by atoms with Gasteiger partial charge in [-0.25, -0.2) is 0 Å². The Hall–Kier alpha value is -3.77. The second kappa shape index (κ2) is 11.6. The molecule has 1 heterocycles. The molecule has 1 atom stereocenters. The predicted molar refractivity (Wildman–Crippen MR) is 164 cm³/mol. The van der Waals surface area contributed by atoms with Gasteiger partial charge in [0.15, 0.2) is 17.3 Å². The van der Waals surface area contributed by atoms with Gasteiger partial charge in [0.25, 0.3) is 0 Å². The lowest BCUT2D eigenvalue weighted by molar-refractivity contribution is -0.122. The van der Waals surface area contributed by atoms with E-state index in [1.165, 1.54) is 0 Å². The van der Waals surface area contributed by atoms with E-state index >= 15 is 0 Å². The number of anilines is 2. The molecule has 0 bridgehead atoms. The first kappa shape index (κ1) is 28.7. The second-order valence-electron chi connectivity index (χ2n) is 11.8.